The third-order valence-electron chi connectivity index (χ3n) is 2.53. The quantitative estimate of drug-likeness (QED) is 0.689. The van der Waals surface area contributed by atoms with Crippen molar-refractivity contribution >= 4 is 17.1 Å². The van der Waals surface area contributed by atoms with Gasteiger partial charge in [0.25, 0.3) is 0 Å². The van der Waals surface area contributed by atoms with Crippen molar-refractivity contribution < 1.29 is 4.79 Å². The molecule has 2 nitrogen and oxygen atoms in total. The fourth-order valence-electron chi connectivity index (χ4n) is 1.75. The van der Waals surface area contributed by atoms with Crippen LogP contribution in [-0.4, -0.2) is 10.8 Å². The molecular formula is C10H13NOS. The van der Waals surface area contributed by atoms with Gasteiger partial charge in [-0.25, -0.2) is 4.98 Å². The number of aromatic nitrogens is 1. The summed E-state index contributed by atoms with van der Waals surface area (Å²) in [4.78, 5) is 15.5. The molecule has 0 spiro atoms. The number of Topliss-reactive ketones (excluding diaryl/α,β-unsaturated/α-hetero) is 1. The number of hydrogen-bond acceptors (Lipinski definition) is 3. The highest BCUT2D eigenvalue weighted by Gasteiger charge is 2.21. The van der Waals surface area contributed by atoms with Crippen LogP contribution in [0.3, 0.4) is 0 Å². The lowest BCUT2D eigenvalue weighted by atomic mass is 9.89. The minimum absolute atomic E-state index is 0.421. The zero-order chi connectivity index (χ0) is 9.26. The Morgan fingerprint density at radius 1 is 1.46 bits per heavy atom. The Morgan fingerprint density at radius 2 is 2.15 bits per heavy atom. The summed E-state index contributed by atoms with van der Waals surface area (Å²) in [6, 6.07) is 0. The van der Waals surface area contributed by atoms with Crippen LogP contribution < -0.4 is 0 Å². The number of hydrogen-bond donors (Lipinski definition) is 0. The van der Waals surface area contributed by atoms with Crippen molar-refractivity contribution in [1.82, 2.24) is 4.98 Å². The summed E-state index contributed by atoms with van der Waals surface area (Å²) < 4.78 is 0. The molecule has 1 aliphatic rings. The first-order chi connectivity index (χ1) is 6.25. The zero-order valence-electron chi connectivity index (χ0n) is 7.75. The van der Waals surface area contributed by atoms with Crippen LogP contribution in [0.15, 0.2) is 5.38 Å². The molecule has 0 bridgehead atoms. The molecule has 0 unspecified atom stereocenters. The number of carbonyl (C=O) groups is 1. The van der Waals surface area contributed by atoms with Gasteiger partial charge in [-0.15, -0.1) is 11.3 Å². The zero-order valence-corrected chi connectivity index (χ0v) is 8.56. The number of thiazole rings is 1. The summed E-state index contributed by atoms with van der Waals surface area (Å²) in [7, 11) is 0. The van der Waals surface area contributed by atoms with Gasteiger partial charge in [0, 0.05) is 29.8 Å². The molecule has 0 radical (unpaired) electrons. The largest absolute Gasteiger partial charge is 0.300 e. The van der Waals surface area contributed by atoms with E-state index in [0.29, 0.717) is 11.7 Å². The summed E-state index contributed by atoms with van der Waals surface area (Å²) in [5.41, 5.74) is 1.11. The van der Waals surface area contributed by atoms with Crippen LogP contribution in [0, 0.1) is 6.92 Å². The molecule has 0 amide bonds. The van der Waals surface area contributed by atoms with Crippen molar-refractivity contribution in [2.45, 2.75) is 38.5 Å². The molecule has 1 aromatic rings. The molecule has 0 aromatic carbocycles. The third kappa shape index (κ3) is 1.97. The van der Waals surface area contributed by atoms with E-state index < -0.39 is 0 Å². The number of ketones is 1. The molecule has 1 saturated carbocycles. The Hall–Kier alpha value is -0.700. The summed E-state index contributed by atoms with van der Waals surface area (Å²) >= 11 is 1.73. The van der Waals surface area contributed by atoms with Crippen molar-refractivity contribution in [2.24, 2.45) is 0 Å². The highest BCUT2D eigenvalue weighted by atomic mass is 32.1. The van der Waals surface area contributed by atoms with Crippen molar-refractivity contribution in [3.8, 4) is 0 Å². The maximum absolute atomic E-state index is 11.0. The van der Waals surface area contributed by atoms with E-state index in [1.54, 1.807) is 11.3 Å². The molecule has 70 valence electrons. The Labute approximate surface area is 82.0 Å². The van der Waals surface area contributed by atoms with Gasteiger partial charge in [-0.05, 0) is 19.8 Å². The van der Waals surface area contributed by atoms with Crippen LogP contribution in [0.1, 0.15) is 42.3 Å². The second kappa shape index (κ2) is 3.58. The van der Waals surface area contributed by atoms with Crippen LogP contribution in [0.5, 0.6) is 0 Å². The highest BCUT2D eigenvalue weighted by Crippen LogP contribution is 2.32. The predicted molar refractivity (Wildman–Crippen MR) is 53.1 cm³/mol. The minimum Gasteiger partial charge on any atom is -0.300 e. The van der Waals surface area contributed by atoms with Crippen LogP contribution >= 0.6 is 11.3 Å². The maximum Gasteiger partial charge on any atom is 0.132 e. The lowest BCUT2D eigenvalue weighted by Crippen LogP contribution is -2.12. The van der Waals surface area contributed by atoms with Gasteiger partial charge in [0.2, 0.25) is 0 Å². The summed E-state index contributed by atoms with van der Waals surface area (Å²) in [6.45, 7) is 2.02. The number of carbonyl (C=O) groups excluding carboxylic acids is 1. The van der Waals surface area contributed by atoms with E-state index in [-0.39, 0.29) is 0 Å². The van der Waals surface area contributed by atoms with E-state index in [2.05, 4.69) is 10.4 Å². The van der Waals surface area contributed by atoms with Crippen molar-refractivity contribution in [3.63, 3.8) is 0 Å². The first kappa shape index (κ1) is 8.88. The highest BCUT2D eigenvalue weighted by molar-refractivity contribution is 7.09. The molecule has 0 N–H and O–H groups in total. The van der Waals surface area contributed by atoms with Crippen LogP contribution in [0.2, 0.25) is 0 Å². The van der Waals surface area contributed by atoms with Gasteiger partial charge >= 0.3 is 0 Å². The van der Waals surface area contributed by atoms with Gasteiger partial charge in [-0.3, -0.25) is 4.79 Å². The Balaban J connectivity index is 2.06. The molecule has 2 rings (SSSR count). The van der Waals surface area contributed by atoms with E-state index in [0.717, 1.165) is 31.4 Å². The summed E-state index contributed by atoms with van der Waals surface area (Å²) in [5, 5.41) is 3.32. The second-order valence-electron chi connectivity index (χ2n) is 3.64. The van der Waals surface area contributed by atoms with E-state index >= 15 is 0 Å². The third-order valence-corrected chi connectivity index (χ3v) is 3.65. The average Bonchev–Trinajstić information content (AvgIpc) is 2.53. The Kier molecular flexibility index (Phi) is 2.44. The van der Waals surface area contributed by atoms with Gasteiger partial charge < -0.3 is 0 Å². The molecular weight excluding hydrogens is 182 g/mol. The van der Waals surface area contributed by atoms with E-state index in [9.17, 15) is 4.79 Å². The number of aryl methyl sites for hydroxylation is 1. The molecule has 3 heteroatoms. The summed E-state index contributed by atoms with van der Waals surface area (Å²) in [6.07, 6.45) is 3.52. The van der Waals surface area contributed by atoms with E-state index in [1.807, 2.05) is 6.92 Å². The maximum atomic E-state index is 11.0. The normalized spacial score (nSPS) is 19.3. The van der Waals surface area contributed by atoms with Crippen molar-refractivity contribution in [1.29, 1.82) is 0 Å². The standard InChI is InChI=1S/C10H13NOS/c1-7-6-13-10(11-7)8-2-4-9(12)5-3-8/h6,8H,2-5H2,1H3. The molecule has 1 aliphatic carbocycles. The van der Waals surface area contributed by atoms with Gasteiger partial charge in [0.15, 0.2) is 0 Å². The van der Waals surface area contributed by atoms with Crippen molar-refractivity contribution in [2.75, 3.05) is 0 Å². The van der Waals surface area contributed by atoms with Gasteiger partial charge in [0.05, 0.1) is 5.01 Å². The minimum atomic E-state index is 0.421. The molecule has 13 heavy (non-hydrogen) atoms. The average molecular weight is 195 g/mol. The molecule has 0 aliphatic heterocycles. The second-order valence-corrected chi connectivity index (χ2v) is 4.53. The first-order valence-electron chi connectivity index (χ1n) is 4.69. The fourth-order valence-corrected chi connectivity index (χ4v) is 2.72. The van der Waals surface area contributed by atoms with Crippen LogP contribution in [0.4, 0.5) is 0 Å². The molecule has 1 aromatic heterocycles. The smallest absolute Gasteiger partial charge is 0.132 e. The topological polar surface area (TPSA) is 30.0 Å². The fraction of sp³-hybridized carbons (Fsp3) is 0.600. The first-order valence-corrected chi connectivity index (χ1v) is 5.57. The van der Waals surface area contributed by atoms with Crippen LogP contribution in [-0.2, 0) is 4.79 Å². The van der Waals surface area contributed by atoms with Crippen molar-refractivity contribution in [3.05, 3.63) is 16.1 Å². The van der Waals surface area contributed by atoms with E-state index in [4.69, 9.17) is 0 Å². The lowest BCUT2D eigenvalue weighted by Gasteiger charge is -2.18. The predicted octanol–water partition coefficient (Wildman–Crippen LogP) is 2.68. The number of rotatable bonds is 1. The van der Waals surface area contributed by atoms with Gasteiger partial charge in [0.1, 0.15) is 5.78 Å². The number of nitrogens with zero attached hydrogens (tertiary/aromatic N) is 1. The Morgan fingerprint density at radius 3 is 2.69 bits per heavy atom. The monoisotopic (exact) mass is 195 g/mol. The molecule has 0 saturated heterocycles. The lowest BCUT2D eigenvalue weighted by molar-refractivity contribution is -0.120. The molecule has 0 atom stereocenters. The van der Waals surface area contributed by atoms with E-state index in [1.165, 1.54) is 5.01 Å². The summed E-state index contributed by atoms with van der Waals surface area (Å²) in [5.74, 6) is 0.973. The van der Waals surface area contributed by atoms with Crippen LogP contribution in [0.25, 0.3) is 0 Å². The molecule has 1 fully saturated rings. The molecule has 1 heterocycles. The SMILES string of the molecule is Cc1csc(C2CCC(=O)CC2)n1. The van der Waals surface area contributed by atoms with Gasteiger partial charge in [-0.2, -0.15) is 0 Å². The van der Waals surface area contributed by atoms with Gasteiger partial charge in [-0.1, -0.05) is 0 Å². The Bertz CT molecular complexity index is 308.